The zero-order valence-electron chi connectivity index (χ0n) is 16.4. The molecule has 2 heterocycles. The number of aromatic nitrogens is 3. The summed E-state index contributed by atoms with van der Waals surface area (Å²) >= 11 is 0. The van der Waals surface area contributed by atoms with Gasteiger partial charge in [0, 0.05) is 30.4 Å². The number of carbonyl (C=O) groups excluding carboxylic acids is 1. The topological polar surface area (TPSA) is 68.5 Å². The Balaban J connectivity index is 1.53. The van der Waals surface area contributed by atoms with Crippen molar-refractivity contribution in [2.75, 3.05) is 13.7 Å². The number of nitrogens with one attached hydrogen (secondary N) is 1. The molecule has 0 fully saturated rings. The summed E-state index contributed by atoms with van der Waals surface area (Å²) in [6.45, 7) is 6.61. The second-order valence-corrected chi connectivity index (χ2v) is 6.76. The Kier molecular flexibility index (Phi) is 5.74. The van der Waals surface area contributed by atoms with Crippen LogP contribution in [0, 0.1) is 20.8 Å². The van der Waals surface area contributed by atoms with Gasteiger partial charge in [-0.25, -0.2) is 9.50 Å². The van der Waals surface area contributed by atoms with Crippen molar-refractivity contribution < 1.29 is 9.53 Å². The molecular formula is C21H26N4O2. The highest BCUT2D eigenvalue weighted by molar-refractivity contribution is 5.76. The number of benzene rings is 1. The summed E-state index contributed by atoms with van der Waals surface area (Å²) in [6, 6.07) is 9.87. The number of hydrogen-bond acceptors (Lipinski definition) is 4. The lowest BCUT2D eigenvalue weighted by Gasteiger charge is -2.11. The predicted molar refractivity (Wildman–Crippen MR) is 105 cm³/mol. The largest absolute Gasteiger partial charge is 0.497 e. The van der Waals surface area contributed by atoms with Gasteiger partial charge in [0.25, 0.3) is 0 Å². The Hall–Kier alpha value is -2.89. The van der Waals surface area contributed by atoms with Gasteiger partial charge in [0.1, 0.15) is 5.75 Å². The molecule has 2 aromatic heterocycles. The second-order valence-electron chi connectivity index (χ2n) is 6.76. The van der Waals surface area contributed by atoms with Crippen molar-refractivity contribution in [1.29, 1.82) is 0 Å². The van der Waals surface area contributed by atoms with Crippen LogP contribution < -0.4 is 10.1 Å². The van der Waals surface area contributed by atoms with Crippen molar-refractivity contribution in [1.82, 2.24) is 19.9 Å². The number of ether oxygens (including phenoxy) is 1. The van der Waals surface area contributed by atoms with Gasteiger partial charge >= 0.3 is 0 Å². The van der Waals surface area contributed by atoms with Gasteiger partial charge < -0.3 is 10.1 Å². The average Bonchev–Trinajstić information content (AvgIpc) is 3.02. The van der Waals surface area contributed by atoms with Crippen LogP contribution in [-0.2, 0) is 17.6 Å². The molecule has 0 aliphatic heterocycles. The van der Waals surface area contributed by atoms with Gasteiger partial charge in [0.05, 0.1) is 12.8 Å². The number of rotatable bonds is 7. The van der Waals surface area contributed by atoms with Crippen LogP contribution in [0.2, 0.25) is 0 Å². The Morgan fingerprint density at radius 1 is 1.15 bits per heavy atom. The number of nitrogens with zero attached hydrogens (tertiary/aromatic N) is 3. The molecule has 0 bridgehead atoms. The molecule has 3 rings (SSSR count). The Labute approximate surface area is 159 Å². The van der Waals surface area contributed by atoms with Crippen molar-refractivity contribution in [3.05, 3.63) is 58.5 Å². The highest BCUT2D eigenvalue weighted by Gasteiger charge is 2.12. The Morgan fingerprint density at radius 3 is 2.59 bits per heavy atom. The normalized spacial score (nSPS) is 11.0. The minimum atomic E-state index is 0.0547. The molecule has 0 aliphatic rings. The Bertz CT molecular complexity index is 945. The van der Waals surface area contributed by atoms with Crippen LogP contribution in [-0.4, -0.2) is 34.2 Å². The van der Waals surface area contributed by atoms with Crippen LogP contribution >= 0.6 is 0 Å². The minimum absolute atomic E-state index is 0.0547. The summed E-state index contributed by atoms with van der Waals surface area (Å²) < 4.78 is 7.01. The first-order chi connectivity index (χ1) is 13.0. The molecule has 0 atom stereocenters. The average molecular weight is 366 g/mol. The summed E-state index contributed by atoms with van der Waals surface area (Å²) in [5.74, 6) is 0.894. The summed E-state index contributed by atoms with van der Waals surface area (Å²) in [7, 11) is 1.65. The summed E-state index contributed by atoms with van der Waals surface area (Å²) in [5.41, 5.74) is 6.08. The van der Waals surface area contributed by atoms with E-state index in [1.165, 1.54) is 5.56 Å². The first-order valence-corrected chi connectivity index (χ1v) is 9.20. The van der Waals surface area contributed by atoms with Gasteiger partial charge in [-0.05, 0) is 56.9 Å². The number of amides is 1. The summed E-state index contributed by atoms with van der Waals surface area (Å²) in [5, 5.41) is 7.48. The molecule has 1 amide bonds. The molecule has 1 N–H and O–H groups in total. The van der Waals surface area contributed by atoms with Gasteiger partial charge in [-0.15, -0.1) is 0 Å². The summed E-state index contributed by atoms with van der Waals surface area (Å²) in [6.07, 6.45) is 1.90. The van der Waals surface area contributed by atoms with Gasteiger partial charge in [-0.1, -0.05) is 12.1 Å². The highest BCUT2D eigenvalue weighted by Crippen LogP contribution is 2.17. The van der Waals surface area contributed by atoms with E-state index in [2.05, 4.69) is 15.4 Å². The van der Waals surface area contributed by atoms with E-state index in [1.54, 1.807) is 7.11 Å². The first-order valence-electron chi connectivity index (χ1n) is 9.20. The zero-order valence-corrected chi connectivity index (χ0v) is 16.4. The number of hydrogen-bond donors (Lipinski definition) is 1. The van der Waals surface area contributed by atoms with Gasteiger partial charge in [-0.3, -0.25) is 4.79 Å². The Morgan fingerprint density at radius 2 is 1.89 bits per heavy atom. The lowest BCUT2D eigenvalue weighted by Crippen LogP contribution is -2.26. The molecule has 0 aliphatic carbocycles. The van der Waals surface area contributed by atoms with E-state index in [1.807, 2.05) is 55.6 Å². The monoisotopic (exact) mass is 366 g/mol. The smallest absolute Gasteiger partial charge is 0.220 e. The van der Waals surface area contributed by atoms with E-state index in [0.717, 1.165) is 40.5 Å². The van der Waals surface area contributed by atoms with E-state index in [0.29, 0.717) is 19.4 Å². The third-order valence-corrected chi connectivity index (χ3v) is 4.78. The molecule has 0 unspecified atom stereocenters. The molecule has 3 aromatic rings. The fourth-order valence-corrected chi connectivity index (χ4v) is 3.27. The second kappa shape index (κ2) is 8.20. The fourth-order valence-electron chi connectivity index (χ4n) is 3.27. The number of carbonyl (C=O) groups is 1. The zero-order chi connectivity index (χ0) is 19.4. The molecule has 0 saturated heterocycles. The van der Waals surface area contributed by atoms with Gasteiger partial charge in [0.2, 0.25) is 5.91 Å². The van der Waals surface area contributed by atoms with Crippen LogP contribution in [0.25, 0.3) is 5.65 Å². The van der Waals surface area contributed by atoms with Crippen LogP contribution in [0.15, 0.2) is 30.3 Å². The predicted octanol–water partition coefficient (Wildman–Crippen LogP) is 2.95. The van der Waals surface area contributed by atoms with Crippen molar-refractivity contribution in [2.24, 2.45) is 0 Å². The van der Waals surface area contributed by atoms with Crippen molar-refractivity contribution in [3.8, 4) is 5.75 Å². The van der Waals surface area contributed by atoms with Crippen molar-refractivity contribution in [2.45, 2.75) is 40.0 Å². The molecule has 27 heavy (non-hydrogen) atoms. The maximum absolute atomic E-state index is 12.2. The van der Waals surface area contributed by atoms with Crippen LogP contribution in [0.3, 0.4) is 0 Å². The maximum Gasteiger partial charge on any atom is 0.220 e. The molecule has 0 radical (unpaired) electrons. The molecule has 6 heteroatoms. The lowest BCUT2D eigenvalue weighted by atomic mass is 10.1. The minimum Gasteiger partial charge on any atom is -0.497 e. The molecule has 0 spiro atoms. The molecule has 1 aromatic carbocycles. The van der Waals surface area contributed by atoms with E-state index >= 15 is 0 Å². The molecule has 0 saturated carbocycles. The maximum atomic E-state index is 12.2. The van der Waals surface area contributed by atoms with Crippen LogP contribution in [0.4, 0.5) is 0 Å². The van der Waals surface area contributed by atoms with Crippen LogP contribution in [0.1, 0.15) is 34.6 Å². The van der Waals surface area contributed by atoms with Gasteiger partial charge in [-0.2, -0.15) is 5.10 Å². The summed E-state index contributed by atoms with van der Waals surface area (Å²) in [4.78, 5) is 16.8. The third-order valence-electron chi connectivity index (χ3n) is 4.78. The SMILES string of the molecule is COc1ccc(CCNC(=O)CCc2c(C)nc3cc(C)nn3c2C)cc1. The number of fused-ring (bicyclic) bond motifs is 1. The van der Waals surface area contributed by atoms with Gasteiger partial charge in [0.15, 0.2) is 5.65 Å². The van der Waals surface area contributed by atoms with E-state index in [9.17, 15) is 4.79 Å². The number of methoxy groups -OCH3 is 1. The van der Waals surface area contributed by atoms with Crippen LogP contribution in [0.5, 0.6) is 5.75 Å². The first kappa shape index (κ1) is 18.9. The molecule has 6 nitrogen and oxygen atoms in total. The van der Waals surface area contributed by atoms with Crippen molar-refractivity contribution >= 4 is 11.6 Å². The fraction of sp³-hybridized carbons (Fsp3) is 0.381. The van der Waals surface area contributed by atoms with Crippen molar-refractivity contribution in [3.63, 3.8) is 0 Å². The van der Waals surface area contributed by atoms with E-state index in [-0.39, 0.29) is 5.91 Å². The highest BCUT2D eigenvalue weighted by atomic mass is 16.5. The lowest BCUT2D eigenvalue weighted by molar-refractivity contribution is -0.121. The van der Waals surface area contributed by atoms with E-state index in [4.69, 9.17) is 4.74 Å². The molecule has 142 valence electrons. The quantitative estimate of drug-likeness (QED) is 0.698. The third kappa shape index (κ3) is 4.45. The standard InChI is InChI=1S/C21H26N4O2/c1-14-13-20-23-15(2)19(16(3)25(20)24-14)9-10-21(26)22-12-11-17-5-7-18(27-4)8-6-17/h5-8,13H,9-12H2,1-4H3,(H,22,26). The number of aryl methyl sites for hydroxylation is 3. The molecular weight excluding hydrogens is 340 g/mol. The van der Waals surface area contributed by atoms with E-state index < -0.39 is 0 Å².